The van der Waals surface area contributed by atoms with E-state index in [0.29, 0.717) is 23.5 Å². The van der Waals surface area contributed by atoms with Crippen LogP contribution in [0.5, 0.6) is 5.75 Å². The molecule has 0 aliphatic carbocycles. The molecule has 2 N–H and O–H groups in total. The molecule has 0 bridgehead atoms. The number of amides is 2. The molecular weight excluding hydrogens is 442 g/mol. The lowest BCUT2D eigenvalue weighted by Gasteiger charge is -2.40. The topological polar surface area (TPSA) is 101 Å². The van der Waals surface area contributed by atoms with Crippen LogP contribution >= 0.6 is 11.3 Å². The van der Waals surface area contributed by atoms with Gasteiger partial charge in [0.15, 0.2) is 0 Å². The number of aliphatic hydroxyl groups is 1. The normalized spacial score (nSPS) is 18.3. The predicted octanol–water partition coefficient (Wildman–Crippen LogP) is 3.17. The standard InChI is InChI=1S/C24H25N3O5S/c1-15-21(33-14-25-15)11-27-20(12-28)23(32-13-22(27)29)16-3-7-18(8-4-16)26-24(30)17-5-9-19(31-2)10-6-17/h3-10,14,20,23,28H,11-13H2,1-2H3,(H,26,30)/t20-,23-/m1/s1. The number of nitrogens with zero attached hydrogens (tertiary/aromatic N) is 2. The van der Waals surface area contributed by atoms with Gasteiger partial charge < -0.3 is 24.8 Å². The van der Waals surface area contributed by atoms with Crippen molar-refractivity contribution in [3.8, 4) is 5.75 Å². The molecule has 1 aliphatic heterocycles. The third-order valence-electron chi connectivity index (χ3n) is 5.65. The molecule has 3 aromatic rings. The van der Waals surface area contributed by atoms with Crippen molar-refractivity contribution in [1.82, 2.24) is 9.88 Å². The molecule has 33 heavy (non-hydrogen) atoms. The van der Waals surface area contributed by atoms with E-state index in [9.17, 15) is 14.7 Å². The number of ether oxygens (including phenoxy) is 2. The summed E-state index contributed by atoms with van der Waals surface area (Å²) in [5.74, 6) is 0.283. The van der Waals surface area contributed by atoms with Crippen molar-refractivity contribution < 1.29 is 24.2 Å². The average Bonchev–Trinajstić information content (AvgIpc) is 3.25. The Hall–Kier alpha value is -3.27. The molecule has 1 aliphatic rings. The summed E-state index contributed by atoms with van der Waals surface area (Å²) in [7, 11) is 1.57. The number of rotatable bonds is 7. The van der Waals surface area contributed by atoms with Crippen molar-refractivity contribution in [3.05, 3.63) is 75.7 Å². The highest BCUT2D eigenvalue weighted by Gasteiger charge is 2.37. The second-order valence-corrected chi connectivity index (χ2v) is 8.61. The molecule has 8 nitrogen and oxygen atoms in total. The van der Waals surface area contributed by atoms with Crippen molar-refractivity contribution in [3.63, 3.8) is 0 Å². The first-order chi connectivity index (χ1) is 16.0. The number of nitrogens with one attached hydrogen (secondary N) is 1. The zero-order valence-electron chi connectivity index (χ0n) is 18.4. The Morgan fingerprint density at radius 2 is 1.97 bits per heavy atom. The lowest BCUT2D eigenvalue weighted by Crippen LogP contribution is -2.52. The second kappa shape index (κ2) is 10.1. The molecule has 1 aromatic heterocycles. The van der Waals surface area contributed by atoms with Gasteiger partial charge in [-0.25, -0.2) is 4.98 Å². The van der Waals surface area contributed by atoms with Crippen molar-refractivity contribution in [2.75, 3.05) is 25.6 Å². The number of hydrogen-bond acceptors (Lipinski definition) is 7. The van der Waals surface area contributed by atoms with Gasteiger partial charge in [-0.3, -0.25) is 9.59 Å². The number of aromatic nitrogens is 1. The van der Waals surface area contributed by atoms with Crippen LogP contribution in [0.25, 0.3) is 0 Å². The van der Waals surface area contributed by atoms with Gasteiger partial charge in [0.1, 0.15) is 18.5 Å². The van der Waals surface area contributed by atoms with E-state index in [0.717, 1.165) is 16.1 Å². The number of hydrogen-bond donors (Lipinski definition) is 2. The van der Waals surface area contributed by atoms with Gasteiger partial charge in [0, 0.05) is 16.1 Å². The summed E-state index contributed by atoms with van der Waals surface area (Å²) < 4.78 is 10.9. The summed E-state index contributed by atoms with van der Waals surface area (Å²) in [6.07, 6.45) is -0.479. The highest BCUT2D eigenvalue weighted by atomic mass is 32.1. The zero-order valence-corrected chi connectivity index (χ0v) is 19.2. The highest BCUT2D eigenvalue weighted by Crippen LogP contribution is 2.31. The van der Waals surface area contributed by atoms with Crippen molar-refractivity contribution >= 4 is 28.8 Å². The fourth-order valence-electron chi connectivity index (χ4n) is 3.76. The number of aryl methyl sites for hydroxylation is 1. The van der Waals surface area contributed by atoms with E-state index in [1.807, 2.05) is 19.1 Å². The van der Waals surface area contributed by atoms with E-state index < -0.39 is 12.1 Å². The maximum Gasteiger partial charge on any atom is 0.255 e. The number of methoxy groups -OCH3 is 1. The van der Waals surface area contributed by atoms with Crippen LogP contribution in [0, 0.1) is 6.92 Å². The quantitative estimate of drug-likeness (QED) is 0.554. The number of morpholine rings is 1. The average molecular weight is 468 g/mol. The fraction of sp³-hybridized carbons (Fsp3) is 0.292. The minimum absolute atomic E-state index is 0.0605. The largest absolute Gasteiger partial charge is 0.497 e. The molecule has 1 fully saturated rings. The van der Waals surface area contributed by atoms with E-state index in [-0.39, 0.29) is 25.0 Å². The maximum absolute atomic E-state index is 12.5. The molecule has 0 radical (unpaired) electrons. The van der Waals surface area contributed by atoms with Gasteiger partial charge in [-0.2, -0.15) is 0 Å². The van der Waals surface area contributed by atoms with Crippen LogP contribution < -0.4 is 10.1 Å². The van der Waals surface area contributed by atoms with E-state index in [1.54, 1.807) is 53.9 Å². The van der Waals surface area contributed by atoms with Crippen molar-refractivity contribution in [2.24, 2.45) is 0 Å². The van der Waals surface area contributed by atoms with Crippen LogP contribution in [0.15, 0.2) is 54.0 Å². The first-order valence-electron chi connectivity index (χ1n) is 10.5. The molecule has 1 saturated heterocycles. The van der Waals surface area contributed by atoms with Gasteiger partial charge in [-0.1, -0.05) is 12.1 Å². The number of carbonyl (C=O) groups excluding carboxylic acids is 2. The summed E-state index contributed by atoms with van der Waals surface area (Å²) in [6, 6.07) is 13.6. The minimum Gasteiger partial charge on any atom is -0.497 e. The Morgan fingerprint density at radius 3 is 2.58 bits per heavy atom. The van der Waals surface area contributed by atoms with Crippen LogP contribution in [0.4, 0.5) is 5.69 Å². The van der Waals surface area contributed by atoms with Gasteiger partial charge in [-0.15, -0.1) is 11.3 Å². The van der Waals surface area contributed by atoms with E-state index in [1.165, 1.54) is 11.3 Å². The lowest BCUT2D eigenvalue weighted by molar-refractivity contribution is -0.161. The molecule has 9 heteroatoms. The molecular formula is C24H25N3O5S. The lowest BCUT2D eigenvalue weighted by atomic mass is 9.99. The molecule has 2 heterocycles. The second-order valence-electron chi connectivity index (χ2n) is 7.67. The number of aliphatic hydroxyl groups excluding tert-OH is 1. The molecule has 2 aromatic carbocycles. The fourth-order valence-corrected chi connectivity index (χ4v) is 4.53. The zero-order chi connectivity index (χ0) is 23.4. The monoisotopic (exact) mass is 467 g/mol. The summed E-state index contributed by atoms with van der Waals surface area (Å²) >= 11 is 1.49. The van der Waals surface area contributed by atoms with Gasteiger partial charge in [0.25, 0.3) is 5.91 Å². The van der Waals surface area contributed by atoms with Gasteiger partial charge in [0.05, 0.1) is 37.5 Å². The Labute approximate surface area is 195 Å². The number of carbonyl (C=O) groups is 2. The third kappa shape index (κ3) is 5.05. The van der Waals surface area contributed by atoms with Crippen LogP contribution in [-0.4, -0.2) is 53.2 Å². The minimum atomic E-state index is -0.521. The Bertz CT molecular complexity index is 1110. The van der Waals surface area contributed by atoms with Crippen LogP contribution in [0.2, 0.25) is 0 Å². The summed E-state index contributed by atoms with van der Waals surface area (Å²) in [4.78, 5) is 31.9. The Morgan fingerprint density at radius 1 is 1.24 bits per heavy atom. The molecule has 2 atom stereocenters. The van der Waals surface area contributed by atoms with Crippen molar-refractivity contribution in [2.45, 2.75) is 25.6 Å². The van der Waals surface area contributed by atoms with E-state index in [2.05, 4.69) is 10.3 Å². The summed E-state index contributed by atoms with van der Waals surface area (Å²) in [5, 5.41) is 13.0. The van der Waals surface area contributed by atoms with Crippen LogP contribution in [0.3, 0.4) is 0 Å². The van der Waals surface area contributed by atoms with E-state index in [4.69, 9.17) is 9.47 Å². The molecule has 0 spiro atoms. The molecule has 4 rings (SSSR count). The van der Waals surface area contributed by atoms with Gasteiger partial charge >= 0.3 is 0 Å². The maximum atomic E-state index is 12.5. The highest BCUT2D eigenvalue weighted by molar-refractivity contribution is 7.09. The number of thiazole rings is 1. The molecule has 0 saturated carbocycles. The van der Waals surface area contributed by atoms with Gasteiger partial charge in [-0.05, 0) is 48.9 Å². The third-order valence-corrected chi connectivity index (χ3v) is 6.57. The van der Waals surface area contributed by atoms with E-state index >= 15 is 0 Å². The van der Waals surface area contributed by atoms with Crippen molar-refractivity contribution in [1.29, 1.82) is 0 Å². The first kappa shape index (κ1) is 22.9. The van der Waals surface area contributed by atoms with Crippen LogP contribution in [-0.2, 0) is 16.1 Å². The Kier molecular flexibility index (Phi) is 7.02. The van der Waals surface area contributed by atoms with Crippen LogP contribution in [0.1, 0.15) is 32.6 Å². The summed E-state index contributed by atoms with van der Waals surface area (Å²) in [6.45, 7) is 2.00. The molecule has 2 amide bonds. The van der Waals surface area contributed by atoms with Gasteiger partial charge in [0.2, 0.25) is 5.91 Å². The predicted molar refractivity (Wildman–Crippen MR) is 124 cm³/mol. The molecule has 172 valence electrons. The smallest absolute Gasteiger partial charge is 0.255 e. The Balaban J connectivity index is 1.47. The first-order valence-corrected chi connectivity index (χ1v) is 11.3. The number of benzene rings is 2. The SMILES string of the molecule is COc1ccc(C(=O)Nc2ccc([C@H]3OCC(=O)N(Cc4scnc4C)[C@@H]3CO)cc2)cc1. The molecule has 0 unspecified atom stereocenters. The summed E-state index contributed by atoms with van der Waals surface area (Å²) in [5.41, 5.74) is 4.59. The number of anilines is 1.